The predicted octanol–water partition coefficient (Wildman–Crippen LogP) is 2.01. The summed E-state index contributed by atoms with van der Waals surface area (Å²) in [5, 5.41) is 2.81. The number of benzene rings is 1. The summed E-state index contributed by atoms with van der Waals surface area (Å²) in [6, 6.07) is 5.28. The van der Waals surface area contributed by atoms with Crippen molar-refractivity contribution in [3.63, 3.8) is 0 Å². The number of nitrogens with zero attached hydrogens (tertiary/aromatic N) is 2. The Kier molecular flexibility index (Phi) is 3.83. The zero-order chi connectivity index (χ0) is 16.8. The second kappa shape index (κ2) is 5.56. The van der Waals surface area contributed by atoms with Gasteiger partial charge in [0.2, 0.25) is 5.91 Å². The van der Waals surface area contributed by atoms with Crippen molar-refractivity contribution < 1.29 is 9.59 Å². The fourth-order valence-electron chi connectivity index (χ4n) is 3.09. The van der Waals surface area contributed by atoms with Gasteiger partial charge in [0.25, 0.3) is 11.5 Å². The molecular formula is C16H16BrN3O3. The van der Waals surface area contributed by atoms with Gasteiger partial charge in [0, 0.05) is 10.9 Å². The van der Waals surface area contributed by atoms with Crippen molar-refractivity contribution in [1.29, 1.82) is 0 Å². The Morgan fingerprint density at radius 2 is 2.04 bits per heavy atom. The zero-order valence-electron chi connectivity index (χ0n) is 12.9. The Balaban J connectivity index is 2.28. The second-order valence-electron chi connectivity index (χ2n) is 5.97. The summed E-state index contributed by atoms with van der Waals surface area (Å²) in [7, 11) is 0. The fourth-order valence-corrected chi connectivity index (χ4v) is 3.45. The van der Waals surface area contributed by atoms with Gasteiger partial charge in [-0.15, -0.1) is 0 Å². The number of amides is 2. The fraction of sp³-hybridized carbons (Fsp3) is 0.375. The maximum absolute atomic E-state index is 13.0. The van der Waals surface area contributed by atoms with Crippen LogP contribution in [0.25, 0.3) is 10.9 Å². The Morgan fingerprint density at radius 1 is 1.30 bits per heavy atom. The predicted molar refractivity (Wildman–Crippen MR) is 89.1 cm³/mol. The largest absolute Gasteiger partial charge is 0.294 e. The third-order valence-electron chi connectivity index (χ3n) is 4.30. The van der Waals surface area contributed by atoms with E-state index in [-0.39, 0.29) is 17.9 Å². The van der Waals surface area contributed by atoms with Crippen LogP contribution in [0.3, 0.4) is 0 Å². The minimum Gasteiger partial charge on any atom is -0.294 e. The first-order valence-electron chi connectivity index (χ1n) is 7.36. The third-order valence-corrected chi connectivity index (χ3v) is 4.79. The van der Waals surface area contributed by atoms with Crippen molar-refractivity contribution in [3.05, 3.63) is 38.9 Å². The van der Waals surface area contributed by atoms with Crippen LogP contribution >= 0.6 is 15.9 Å². The van der Waals surface area contributed by atoms with Gasteiger partial charge in [0.1, 0.15) is 11.4 Å². The van der Waals surface area contributed by atoms with Crippen LogP contribution in [-0.4, -0.2) is 21.4 Å². The third kappa shape index (κ3) is 2.59. The highest BCUT2D eigenvalue weighted by molar-refractivity contribution is 9.10. The molecule has 1 saturated heterocycles. The molecule has 1 atom stereocenters. The van der Waals surface area contributed by atoms with Crippen LogP contribution in [0, 0.1) is 6.92 Å². The first-order valence-corrected chi connectivity index (χ1v) is 8.16. The second-order valence-corrected chi connectivity index (χ2v) is 6.88. The molecule has 2 heterocycles. The molecule has 1 N–H and O–H groups in total. The lowest BCUT2D eigenvalue weighted by molar-refractivity contribution is -0.134. The first kappa shape index (κ1) is 15.9. The van der Waals surface area contributed by atoms with Crippen molar-refractivity contribution >= 4 is 38.6 Å². The molecule has 1 fully saturated rings. The molecule has 2 amide bonds. The van der Waals surface area contributed by atoms with Crippen molar-refractivity contribution in [3.8, 4) is 0 Å². The van der Waals surface area contributed by atoms with E-state index in [0.29, 0.717) is 29.6 Å². The quantitative estimate of drug-likeness (QED) is 0.770. The van der Waals surface area contributed by atoms with Gasteiger partial charge in [0.05, 0.1) is 10.9 Å². The number of hydrogen-bond acceptors (Lipinski definition) is 4. The Labute approximate surface area is 141 Å². The molecule has 7 heteroatoms. The van der Waals surface area contributed by atoms with Crippen LogP contribution in [-0.2, 0) is 15.1 Å². The van der Waals surface area contributed by atoms with Crippen molar-refractivity contribution in [2.24, 2.45) is 0 Å². The number of hydrogen-bond donors (Lipinski definition) is 1. The molecule has 0 radical (unpaired) electrons. The summed E-state index contributed by atoms with van der Waals surface area (Å²) in [5.41, 5.74) is -0.821. The number of imide groups is 1. The van der Waals surface area contributed by atoms with Gasteiger partial charge in [-0.05, 0) is 44.9 Å². The van der Waals surface area contributed by atoms with E-state index in [1.807, 2.05) is 6.07 Å². The molecular weight excluding hydrogens is 362 g/mol. The topological polar surface area (TPSA) is 81.1 Å². The Bertz CT molecular complexity index is 890. The van der Waals surface area contributed by atoms with Crippen LogP contribution in [0.2, 0.25) is 0 Å². The molecule has 120 valence electrons. The van der Waals surface area contributed by atoms with Crippen LogP contribution < -0.4 is 10.9 Å². The summed E-state index contributed by atoms with van der Waals surface area (Å²) in [5.74, 6) is -0.306. The van der Waals surface area contributed by atoms with Gasteiger partial charge >= 0.3 is 0 Å². The lowest BCUT2D eigenvalue weighted by Gasteiger charge is -2.30. The maximum Gasteiger partial charge on any atom is 0.262 e. The molecule has 0 bridgehead atoms. The van der Waals surface area contributed by atoms with Crippen molar-refractivity contribution in [2.75, 3.05) is 0 Å². The van der Waals surface area contributed by atoms with Gasteiger partial charge < -0.3 is 0 Å². The monoisotopic (exact) mass is 377 g/mol. The lowest BCUT2D eigenvalue weighted by Crippen LogP contribution is -2.51. The summed E-state index contributed by atoms with van der Waals surface area (Å²) >= 11 is 3.35. The van der Waals surface area contributed by atoms with Crippen LogP contribution in [0.1, 0.15) is 32.0 Å². The molecule has 1 aromatic carbocycles. The van der Waals surface area contributed by atoms with Gasteiger partial charge in [-0.25, -0.2) is 4.98 Å². The highest BCUT2D eigenvalue weighted by Gasteiger charge is 2.40. The minimum atomic E-state index is -1.13. The van der Waals surface area contributed by atoms with E-state index in [4.69, 9.17) is 0 Å². The number of aryl methyl sites for hydroxylation is 1. The molecule has 3 rings (SSSR count). The van der Waals surface area contributed by atoms with Gasteiger partial charge in [-0.1, -0.05) is 15.9 Å². The SMILES string of the molecule is Cc1nc2ccc(Br)cc2c(=O)n1C1(C)CCCC(=O)NC1=O. The first-order chi connectivity index (χ1) is 10.8. The minimum absolute atomic E-state index is 0.277. The number of aromatic nitrogens is 2. The normalized spacial score (nSPS) is 22.0. The number of carbonyl (C=O) groups excluding carboxylic acids is 2. The molecule has 1 unspecified atom stereocenters. The molecule has 0 saturated carbocycles. The molecule has 1 aliphatic heterocycles. The Hall–Kier alpha value is -2.02. The van der Waals surface area contributed by atoms with Crippen molar-refractivity contribution in [1.82, 2.24) is 14.9 Å². The average molecular weight is 378 g/mol. The number of rotatable bonds is 1. The number of nitrogens with one attached hydrogen (secondary N) is 1. The summed E-state index contributed by atoms with van der Waals surface area (Å²) in [4.78, 5) is 41.6. The van der Waals surface area contributed by atoms with Crippen LogP contribution in [0.5, 0.6) is 0 Å². The van der Waals surface area contributed by atoms with Gasteiger partial charge in [-0.3, -0.25) is 24.3 Å². The average Bonchev–Trinajstić information content (AvgIpc) is 2.59. The van der Waals surface area contributed by atoms with Crippen molar-refractivity contribution in [2.45, 2.75) is 38.6 Å². The maximum atomic E-state index is 13.0. The van der Waals surface area contributed by atoms with E-state index in [1.165, 1.54) is 4.57 Å². The highest BCUT2D eigenvalue weighted by atomic mass is 79.9. The molecule has 0 spiro atoms. The summed E-state index contributed by atoms with van der Waals surface area (Å²) < 4.78 is 2.18. The molecule has 1 aromatic heterocycles. The molecule has 23 heavy (non-hydrogen) atoms. The molecule has 6 nitrogen and oxygen atoms in total. The number of halogens is 1. The van der Waals surface area contributed by atoms with E-state index in [0.717, 1.165) is 4.47 Å². The summed E-state index contributed by atoms with van der Waals surface area (Å²) in [6.45, 7) is 3.38. The Morgan fingerprint density at radius 3 is 2.78 bits per heavy atom. The van der Waals surface area contributed by atoms with Gasteiger partial charge in [0.15, 0.2) is 0 Å². The van der Waals surface area contributed by atoms with Crippen LogP contribution in [0.4, 0.5) is 0 Å². The van der Waals surface area contributed by atoms with E-state index >= 15 is 0 Å². The molecule has 2 aromatic rings. The smallest absolute Gasteiger partial charge is 0.262 e. The van der Waals surface area contributed by atoms with Crippen LogP contribution in [0.15, 0.2) is 27.5 Å². The molecule has 1 aliphatic rings. The highest BCUT2D eigenvalue weighted by Crippen LogP contribution is 2.27. The lowest BCUT2D eigenvalue weighted by atomic mass is 9.94. The molecule has 0 aliphatic carbocycles. The van der Waals surface area contributed by atoms with Gasteiger partial charge in [-0.2, -0.15) is 0 Å². The summed E-state index contributed by atoms with van der Waals surface area (Å²) in [6.07, 6.45) is 1.23. The van der Waals surface area contributed by atoms with E-state index in [9.17, 15) is 14.4 Å². The van der Waals surface area contributed by atoms with E-state index in [1.54, 1.807) is 26.0 Å². The number of fused-ring (bicyclic) bond motifs is 1. The number of carbonyl (C=O) groups is 2. The van der Waals surface area contributed by atoms with E-state index in [2.05, 4.69) is 26.2 Å². The zero-order valence-corrected chi connectivity index (χ0v) is 14.4. The van der Waals surface area contributed by atoms with E-state index < -0.39 is 11.4 Å². The standard InChI is InChI=1S/C16H16BrN3O3/c1-9-18-12-6-5-10(17)8-11(12)14(22)20(9)16(2)7-3-4-13(21)19-15(16)23/h5-6,8H,3-4,7H2,1-2H3,(H,19,21,23).